The molecule has 1 aromatic heterocycles. The lowest BCUT2D eigenvalue weighted by Gasteiger charge is -2.43. The Balaban J connectivity index is 1.62. The standard InChI is InChI=1S/C22H16Cl2F7N3O4S/c1-39(36,37)8-17(35)34-9-19(25,10-34)16-3-2-11(7-32-16)15-6-20(38-33-15,22(29,30)31)12-4-13(21(26,27)28)18(24)14(23)5-12/h2-7,33H,8-10H2,1H3. The van der Waals surface area contributed by atoms with Crippen molar-refractivity contribution >= 4 is 44.6 Å². The monoisotopic (exact) mass is 621 g/mol. The number of nitrogens with zero attached hydrogens (tertiary/aromatic N) is 2. The zero-order valence-electron chi connectivity index (χ0n) is 19.4. The Kier molecular flexibility index (Phi) is 7.15. The van der Waals surface area contributed by atoms with Crippen molar-refractivity contribution in [3.05, 3.63) is 69.0 Å². The molecule has 1 fully saturated rings. The van der Waals surface area contributed by atoms with Crippen LogP contribution in [0.15, 0.2) is 36.5 Å². The number of carbonyl (C=O) groups excluding carboxylic acids is 1. The molecule has 0 spiro atoms. The predicted octanol–water partition coefficient (Wildman–Crippen LogP) is 4.79. The number of sulfone groups is 1. The van der Waals surface area contributed by atoms with Crippen molar-refractivity contribution in [2.75, 3.05) is 25.1 Å². The molecule has 1 unspecified atom stereocenters. The van der Waals surface area contributed by atoms with Crippen LogP contribution in [0.2, 0.25) is 10.0 Å². The van der Waals surface area contributed by atoms with E-state index in [-0.39, 0.29) is 23.0 Å². The molecule has 0 aliphatic carbocycles. The lowest BCUT2D eigenvalue weighted by atomic mass is 9.89. The van der Waals surface area contributed by atoms with Gasteiger partial charge < -0.3 is 4.90 Å². The molecule has 3 heterocycles. The number of hydrogen-bond donors (Lipinski definition) is 1. The van der Waals surface area contributed by atoms with Crippen LogP contribution in [0.3, 0.4) is 0 Å². The van der Waals surface area contributed by atoms with Crippen LogP contribution in [0.1, 0.15) is 22.4 Å². The van der Waals surface area contributed by atoms with Crippen LogP contribution >= 0.6 is 23.2 Å². The molecule has 0 radical (unpaired) electrons. The Morgan fingerprint density at radius 3 is 2.31 bits per heavy atom. The molecule has 1 atom stereocenters. The van der Waals surface area contributed by atoms with E-state index >= 15 is 4.39 Å². The smallest absolute Gasteiger partial charge is 0.334 e. The fraction of sp³-hybridized carbons (Fsp3) is 0.364. The summed E-state index contributed by atoms with van der Waals surface area (Å²) < 4.78 is 121. The maximum Gasteiger partial charge on any atom is 0.428 e. The Bertz CT molecular complexity index is 1460. The van der Waals surface area contributed by atoms with E-state index in [1.807, 2.05) is 5.48 Å². The summed E-state index contributed by atoms with van der Waals surface area (Å²) in [7, 11) is -3.62. The third-order valence-corrected chi connectivity index (χ3v) is 7.58. The summed E-state index contributed by atoms with van der Waals surface area (Å²) in [6.07, 6.45) is -8.04. The fourth-order valence-electron chi connectivity index (χ4n) is 4.03. The van der Waals surface area contributed by atoms with Crippen LogP contribution in [0.5, 0.6) is 0 Å². The Morgan fingerprint density at radius 2 is 1.79 bits per heavy atom. The number of aromatic nitrogens is 1. The molecule has 1 aromatic carbocycles. The molecule has 17 heteroatoms. The van der Waals surface area contributed by atoms with E-state index in [2.05, 4.69) is 4.98 Å². The molecule has 2 aliphatic rings. The van der Waals surface area contributed by atoms with Gasteiger partial charge in [-0.15, -0.1) is 0 Å². The van der Waals surface area contributed by atoms with Gasteiger partial charge in [-0.25, -0.2) is 12.8 Å². The number of rotatable bonds is 5. The Hall–Kier alpha value is -2.62. The molecule has 2 aromatic rings. The first kappa shape index (κ1) is 29.4. The highest BCUT2D eigenvalue weighted by Gasteiger charge is 2.60. The molecule has 7 nitrogen and oxygen atoms in total. The summed E-state index contributed by atoms with van der Waals surface area (Å²) in [4.78, 5) is 21.6. The van der Waals surface area contributed by atoms with Gasteiger partial charge in [0.1, 0.15) is 5.75 Å². The minimum atomic E-state index is -5.27. The van der Waals surface area contributed by atoms with Gasteiger partial charge in [-0.1, -0.05) is 23.2 Å². The molecule has 0 bridgehead atoms. The van der Waals surface area contributed by atoms with Crippen molar-refractivity contribution in [2.45, 2.75) is 23.6 Å². The van der Waals surface area contributed by atoms with Gasteiger partial charge in [0, 0.05) is 23.6 Å². The Labute approximate surface area is 226 Å². The summed E-state index contributed by atoms with van der Waals surface area (Å²) in [5.74, 6) is -1.58. The third-order valence-electron chi connectivity index (χ3n) is 6.01. The predicted molar refractivity (Wildman–Crippen MR) is 125 cm³/mol. The number of halogens is 9. The first-order valence-corrected chi connectivity index (χ1v) is 13.5. The lowest BCUT2D eigenvalue weighted by Crippen LogP contribution is -2.60. The zero-order valence-corrected chi connectivity index (χ0v) is 21.8. The molecule has 2 aliphatic heterocycles. The quantitative estimate of drug-likeness (QED) is 0.483. The largest absolute Gasteiger partial charge is 0.428 e. The summed E-state index contributed by atoms with van der Waals surface area (Å²) in [6.45, 7) is -0.957. The van der Waals surface area contributed by atoms with E-state index in [1.54, 1.807) is 0 Å². The molecule has 1 N–H and O–H groups in total. The fourth-order valence-corrected chi connectivity index (χ4v) is 5.09. The van der Waals surface area contributed by atoms with Gasteiger partial charge in [0.05, 0.1) is 40.1 Å². The lowest BCUT2D eigenvalue weighted by molar-refractivity contribution is -0.269. The van der Waals surface area contributed by atoms with E-state index in [0.29, 0.717) is 12.1 Å². The molecule has 1 saturated heterocycles. The molecule has 0 saturated carbocycles. The zero-order chi connectivity index (χ0) is 29.2. The first-order chi connectivity index (χ1) is 17.8. The summed E-state index contributed by atoms with van der Waals surface area (Å²) in [6, 6.07) is 3.12. The van der Waals surface area contributed by atoms with Crippen LogP contribution in [-0.2, 0) is 36.9 Å². The summed E-state index contributed by atoms with van der Waals surface area (Å²) in [5.41, 5.74) is -6.62. The second-order valence-electron chi connectivity index (χ2n) is 9.03. The topological polar surface area (TPSA) is 88.6 Å². The number of benzene rings is 1. The van der Waals surface area contributed by atoms with E-state index in [0.717, 1.165) is 23.4 Å². The Morgan fingerprint density at radius 1 is 1.15 bits per heavy atom. The van der Waals surface area contributed by atoms with E-state index in [4.69, 9.17) is 28.0 Å². The number of pyridine rings is 1. The summed E-state index contributed by atoms with van der Waals surface area (Å²) in [5, 5.41) is -1.76. The summed E-state index contributed by atoms with van der Waals surface area (Å²) >= 11 is 11.3. The van der Waals surface area contributed by atoms with Crippen molar-refractivity contribution in [1.82, 2.24) is 15.4 Å². The second-order valence-corrected chi connectivity index (χ2v) is 12.0. The van der Waals surface area contributed by atoms with Gasteiger partial charge in [0.25, 0.3) is 0 Å². The van der Waals surface area contributed by atoms with Crippen LogP contribution in [0, 0.1) is 0 Å². The minimum Gasteiger partial charge on any atom is -0.334 e. The van der Waals surface area contributed by atoms with Crippen molar-refractivity contribution in [3.8, 4) is 0 Å². The average molecular weight is 622 g/mol. The highest BCUT2D eigenvalue weighted by Crippen LogP contribution is 2.50. The van der Waals surface area contributed by atoms with Gasteiger partial charge in [-0.05, 0) is 30.3 Å². The normalized spacial score (nSPS) is 21.3. The molecule has 4 rings (SSSR count). The van der Waals surface area contributed by atoms with Gasteiger partial charge >= 0.3 is 12.4 Å². The average Bonchev–Trinajstić information content (AvgIpc) is 3.24. The first-order valence-electron chi connectivity index (χ1n) is 10.7. The molecule has 1 amide bonds. The number of likely N-dealkylation sites (tertiary alicyclic amines) is 1. The van der Waals surface area contributed by atoms with Crippen LogP contribution in [0.4, 0.5) is 30.7 Å². The third kappa shape index (κ3) is 5.54. The van der Waals surface area contributed by atoms with Gasteiger partial charge in [-0.2, -0.15) is 26.3 Å². The maximum absolute atomic E-state index is 15.2. The highest BCUT2D eigenvalue weighted by molar-refractivity contribution is 7.91. The number of hydroxylamine groups is 1. The van der Waals surface area contributed by atoms with Crippen molar-refractivity contribution in [2.24, 2.45) is 0 Å². The number of carbonyl (C=O) groups is 1. The van der Waals surface area contributed by atoms with E-state index in [9.17, 15) is 39.6 Å². The van der Waals surface area contributed by atoms with Crippen LogP contribution < -0.4 is 5.48 Å². The van der Waals surface area contributed by atoms with Gasteiger partial charge in [-0.3, -0.25) is 20.1 Å². The van der Waals surface area contributed by atoms with E-state index in [1.165, 1.54) is 6.07 Å². The van der Waals surface area contributed by atoms with Gasteiger partial charge in [0.2, 0.25) is 11.5 Å². The maximum atomic E-state index is 15.2. The SMILES string of the molecule is CS(=O)(=O)CC(=O)N1CC(F)(c2ccc(C3=CC(c4cc(Cl)c(Cl)c(C(F)(F)F)c4)(C(F)(F)F)ON3)cn2)C1. The van der Waals surface area contributed by atoms with Crippen molar-refractivity contribution in [3.63, 3.8) is 0 Å². The molecular formula is C22H16Cl2F7N3O4S. The second kappa shape index (κ2) is 9.49. The molecule has 212 valence electrons. The van der Waals surface area contributed by atoms with Crippen LogP contribution in [-0.4, -0.2) is 55.5 Å². The molecular weight excluding hydrogens is 606 g/mol. The van der Waals surface area contributed by atoms with E-state index < -0.39 is 79.4 Å². The van der Waals surface area contributed by atoms with Crippen molar-refractivity contribution < 1.29 is 48.8 Å². The number of nitrogens with one attached hydrogen (secondary N) is 1. The molecule has 39 heavy (non-hydrogen) atoms. The van der Waals surface area contributed by atoms with Crippen molar-refractivity contribution in [1.29, 1.82) is 0 Å². The minimum absolute atomic E-state index is 0.0334. The van der Waals surface area contributed by atoms with Crippen LogP contribution in [0.25, 0.3) is 5.70 Å². The number of alkyl halides is 7. The number of amides is 1. The van der Waals surface area contributed by atoms with Gasteiger partial charge in [0.15, 0.2) is 15.5 Å². The number of hydrogen-bond acceptors (Lipinski definition) is 6. The highest BCUT2D eigenvalue weighted by atomic mass is 35.5.